The van der Waals surface area contributed by atoms with Crippen LogP contribution in [0.25, 0.3) is 0 Å². The van der Waals surface area contributed by atoms with Gasteiger partial charge in [0.2, 0.25) is 0 Å². The molecule has 1 N–H and O–H groups in total. The molecule has 0 aliphatic carbocycles. The van der Waals surface area contributed by atoms with Crippen molar-refractivity contribution >= 4 is 33.3 Å². The minimum atomic E-state index is 0.615. The number of nitrogens with one attached hydrogen (secondary N) is 1. The normalized spacial score (nSPS) is 10.3. The van der Waals surface area contributed by atoms with E-state index < -0.39 is 0 Å². The molecule has 5 heteroatoms. The second kappa shape index (κ2) is 6.78. The molecule has 1 aromatic carbocycles. The molecule has 0 aliphatic heterocycles. The highest BCUT2D eigenvalue weighted by atomic mass is 79.9. The third-order valence-electron chi connectivity index (χ3n) is 2.67. The minimum Gasteiger partial charge on any atom is -0.497 e. The first-order valence-electron chi connectivity index (χ1n) is 5.87. The van der Waals surface area contributed by atoms with Crippen LogP contribution >= 0.6 is 27.5 Å². The van der Waals surface area contributed by atoms with Crippen molar-refractivity contribution in [1.29, 1.82) is 0 Å². The zero-order valence-corrected chi connectivity index (χ0v) is 12.8. The lowest BCUT2D eigenvalue weighted by Gasteiger charge is -2.08. The highest BCUT2D eigenvalue weighted by Crippen LogP contribution is 2.22. The van der Waals surface area contributed by atoms with Crippen LogP contribution in [-0.4, -0.2) is 18.6 Å². The summed E-state index contributed by atoms with van der Waals surface area (Å²) in [5, 5.41) is 3.84. The maximum Gasteiger partial charge on any atom is 0.144 e. The summed E-state index contributed by atoms with van der Waals surface area (Å²) in [6, 6.07) is 9.85. The predicted molar refractivity (Wildman–Crippen MR) is 82.1 cm³/mol. The number of aromatic nitrogens is 1. The molecule has 3 nitrogen and oxygen atoms in total. The van der Waals surface area contributed by atoms with Crippen molar-refractivity contribution < 1.29 is 4.74 Å². The van der Waals surface area contributed by atoms with Crippen molar-refractivity contribution in [2.45, 2.75) is 6.42 Å². The van der Waals surface area contributed by atoms with Gasteiger partial charge in [-0.1, -0.05) is 23.7 Å². The first-order valence-corrected chi connectivity index (χ1v) is 7.04. The van der Waals surface area contributed by atoms with E-state index in [-0.39, 0.29) is 0 Å². The van der Waals surface area contributed by atoms with Gasteiger partial charge in [-0.05, 0) is 46.1 Å². The summed E-state index contributed by atoms with van der Waals surface area (Å²) in [4.78, 5) is 4.23. The van der Waals surface area contributed by atoms with E-state index in [1.54, 1.807) is 13.3 Å². The van der Waals surface area contributed by atoms with Crippen LogP contribution in [0.5, 0.6) is 5.75 Å². The Kier molecular flexibility index (Phi) is 5.05. The summed E-state index contributed by atoms with van der Waals surface area (Å²) >= 11 is 9.41. The lowest BCUT2D eigenvalue weighted by molar-refractivity contribution is 0.414. The summed E-state index contributed by atoms with van der Waals surface area (Å²) in [7, 11) is 1.66. The van der Waals surface area contributed by atoms with Crippen LogP contribution in [0, 0.1) is 0 Å². The number of pyridine rings is 1. The Hall–Kier alpha value is -1.26. The van der Waals surface area contributed by atoms with Crippen molar-refractivity contribution in [3.63, 3.8) is 0 Å². The average molecular weight is 342 g/mol. The molecule has 2 rings (SSSR count). The second-order valence-electron chi connectivity index (χ2n) is 4.01. The van der Waals surface area contributed by atoms with Gasteiger partial charge in [-0.25, -0.2) is 4.98 Å². The van der Waals surface area contributed by atoms with Crippen LogP contribution in [0.15, 0.2) is 41.0 Å². The number of methoxy groups -OCH3 is 1. The molecule has 0 atom stereocenters. The van der Waals surface area contributed by atoms with E-state index in [1.807, 2.05) is 18.2 Å². The van der Waals surface area contributed by atoms with E-state index in [9.17, 15) is 0 Å². The predicted octanol–water partition coefficient (Wildman–Crippen LogP) is 4.16. The monoisotopic (exact) mass is 340 g/mol. The Labute approximate surface area is 126 Å². The molecule has 0 spiro atoms. The van der Waals surface area contributed by atoms with E-state index in [1.165, 1.54) is 5.56 Å². The Bertz CT molecular complexity index is 546. The van der Waals surface area contributed by atoms with E-state index in [2.05, 4.69) is 38.4 Å². The summed E-state index contributed by atoms with van der Waals surface area (Å²) in [6.45, 7) is 0.778. The van der Waals surface area contributed by atoms with Gasteiger partial charge in [-0.15, -0.1) is 0 Å². The highest BCUT2D eigenvalue weighted by Gasteiger charge is 2.02. The number of halogens is 2. The standard InChI is InChI=1S/C14H14BrClN2O/c1-19-12-4-2-10(3-5-12)6-7-17-14-13(16)8-11(15)9-18-14/h2-5,8-9H,6-7H2,1H3,(H,17,18). The number of hydrogen-bond acceptors (Lipinski definition) is 3. The van der Waals surface area contributed by atoms with Crippen LogP contribution in [0.2, 0.25) is 5.02 Å². The van der Waals surface area contributed by atoms with Gasteiger partial charge in [0, 0.05) is 17.2 Å². The summed E-state index contributed by atoms with van der Waals surface area (Å²) < 4.78 is 6.00. The molecular formula is C14H14BrClN2O. The summed E-state index contributed by atoms with van der Waals surface area (Å²) in [6.07, 6.45) is 2.62. The molecule has 0 radical (unpaired) electrons. The zero-order valence-electron chi connectivity index (χ0n) is 10.5. The number of rotatable bonds is 5. The number of ether oxygens (including phenoxy) is 1. The maximum absolute atomic E-state index is 6.08. The Morgan fingerprint density at radius 1 is 1.32 bits per heavy atom. The smallest absolute Gasteiger partial charge is 0.144 e. The zero-order chi connectivity index (χ0) is 13.7. The molecule has 0 bridgehead atoms. The van der Waals surface area contributed by atoms with Crippen LogP contribution < -0.4 is 10.1 Å². The number of benzene rings is 1. The van der Waals surface area contributed by atoms with Crippen LogP contribution in [0.4, 0.5) is 5.82 Å². The Morgan fingerprint density at radius 2 is 2.05 bits per heavy atom. The quantitative estimate of drug-likeness (QED) is 0.886. The highest BCUT2D eigenvalue weighted by molar-refractivity contribution is 9.10. The molecular weight excluding hydrogens is 328 g/mol. The van der Waals surface area contributed by atoms with Crippen molar-refractivity contribution in [2.24, 2.45) is 0 Å². The molecule has 0 fully saturated rings. The van der Waals surface area contributed by atoms with Gasteiger partial charge in [-0.2, -0.15) is 0 Å². The molecule has 0 amide bonds. The lowest BCUT2D eigenvalue weighted by atomic mass is 10.1. The molecule has 19 heavy (non-hydrogen) atoms. The topological polar surface area (TPSA) is 34.1 Å². The molecule has 2 aromatic rings. The largest absolute Gasteiger partial charge is 0.497 e. The minimum absolute atomic E-state index is 0.615. The summed E-state index contributed by atoms with van der Waals surface area (Å²) in [5.41, 5.74) is 1.24. The van der Waals surface area contributed by atoms with E-state index >= 15 is 0 Å². The van der Waals surface area contributed by atoms with Gasteiger partial charge in [0.1, 0.15) is 11.6 Å². The van der Waals surface area contributed by atoms with E-state index in [0.717, 1.165) is 23.2 Å². The fourth-order valence-corrected chi connectivity index (χ4v) is 2.36. The fraction of sp³-hybridized carbons (Fsp3) is 0.214. The third-order valence-corrected chi connectivity index (χ3v) is 3.39. The molecule has 0 unspecified atom stereocenters. The number of hydrogen-bond donors (Lipinski definition) is 1. The maximum atomic E-state index is 6.08. The first kappa shape index (κ1) is 14.2. The van der Waals surface area contributed by atoms with Gasteiger partial charge in [-0.3, -0.25) is 0 Å². The lowest BCUT2D eigenvalue weighted by Crippen LogP contribution is -2.06. The van der Waals surface area contributed by atoms with E-state index in [4.69, 9.17) is 16.3 Å². The second-order valence-corrected chi connectivity index (χ2v) is 5.33. The summed E-state index contributed by atoms with van der Waals surface area (Å²) in [5.74, 6) is 1.58. The van der Waals surface area contributed by atoms with Crippen molar-refractivity contribution in [3.05, 3.63) is 51.6 Å². The third kappa shape index (κ3) is 4.11. The Morgan fingerprint density at radius 3 is 2.68 bits per heavy atom. The van der Waals surface area contributed by atoms with Gasteiger partial charge >= 0.3 is 0 Å². The van der Waals surface area contributed by atoms with Gasteiger partial charge < -0.3 is 10.1 Å². The van der Waals surface area contributed by atoms with Crippen molar-refractivity contribution in [3.8, 4) is 5.75 Å². The molecule has 0 saturated heterocycles. The number of nitrogens with zero attached hydrogens (tertiary/aromatic N) is 1. The van der Waals surface area contributed by atoms with Gasteiger partial charge in [0.15, 0.2) is 0 Å². The molecule has 0 saturated carbocycles. The molecule has 100 valence electrons. The average Bonchev–Trinajstić information content (AvgIpc) is 2.42. The van der Waals surface area contributed by atoms with Gasteiger partial charge in [0.25, 0.3) is 0 Å². The fourth-order valence-electron chi connectivity index (χ4n) is 1.66. The Balaban J connectivity index is 1.88. The van der Waals surface area contributed by atoms with Crippen molar-refractivity contribution in [1.82, 2.24) is 4.98 Å². The van der Waals surface area contributed by atoms with Crippen LogP contribution in [-0.2, 0) is 6.42 Å². The molecule has 1 aromatic heterocycles. The molecule has 0 aliphatic rings. The van der Waals surface area contributed by atoms with E-state index in [0.29, 0.717) is 10.8 Å². The SMILES string of the molecule is COc1ccc(CCNc2ncc(Br)cc2Cl)cc1. The van der Waals surface area contributed by atoms with Crippen LogP contribution in [0.3, 0.4) is 0 Å². The first-order chi connectivity index (χ1) is 9.19. The van der Waals surface area contributed by atoms with Crippen molar-refractivity contribution in [2.75, 3.05) is 19.0 Å². The van der Waals surface area contributed by atoms with Crippen LogP contribution in [0.1, 0.15) is 5.56 Å². The number of anilines is 1. The molecule has 1 heterocycles. The van der Waals surface area contributed by atoms with Gasteiger partial charge in [0.05, 0.1) is 12.1 Å².